The molecule has 0 aromatic carbocycles. The fraction of sp³-hybridized carbons (Fsp3) is 0.857. The van der Waals surface area contributed by atoms with Gasteiger partial charge in [0.05, 0.1) is 5.92 Å². The van der Waals surface area contributed by atoms with Crippen LogP contribution in [0.2, 0.25) is 0 Å². The highest BCUT2D eigenvalue weighted by Gasteiger charge is 2.24. The Bertz CT molecular complexity index is 157. The number of carboxylic acid groups (broad SMARTS) is 1. The van der Waals surface area contributed by atoms with Crippen LogP contribution in [0.25, 0.3) is 0 Å². The Labute approximate surface area is 72.8 Å². The molecule has 0 aromatic rings. The van der Waals surface area contributed by atoms with Crippen LogP contribution in [0.15, 0.2) is 0 Å². The predicted molar refractivity (Wildman–Crippen MR) is 44.7 cm³/mol. The summed E-state index contributed by atoms with van der Waals surface area (Å²) in [5.41, 5.74) is 0. The lowest BCUT2D eigenvalue weighted by molar-refractivity contribution is -0.143. The van der Waals surface area contributed by atoms with E-state index in [0.717, 1.165) is 25.9 Å². The number of piperidine rings is 1. The first-order chi connectivity index (χ1) is 5.74. The van der Waals surface area contributed by atoms with Crippen molar-refractivity contribution in [1.29, 1.82) is 0 Å². The third kappa shape index (κ3) is 2.50. The summed E-state index contributed by atoms with van der Waals surface area (Å²) in [5.74, 6) is -0.835. The Balaban J connectivity index is 2.25. The molecule has 1 rings (SSSR count). The molecule has 12 heavy (non-hydrogen) atoms. The van der Waals surface area contributed by atoms with E-state index in [1.54, 1.807) is 14.7 Å². The van der Waals surface area contributed by atoms with Crippen LogP contribution in [0.5, 0.6) is 0 Å². The minimum Gasteiger partial charge on any atom is -0.481 e. The van der Waals surface area contributed by atoms with Gasteiger partial charge in [-0.25, -0.2) is 0 Å². The van der Waals surface area contributed by atoms with Crippen molar-refractivity contribution < 1.29 is 14.6 Å². The summed E-state index contributed by atoms with van der Waals surface area (Å²) in [6.07, 6.45) is 1.43. The lowest BCUT2D eigenvalue weighted by Crippen LogP contribution is -2.39. The summed E-state index contributed by atoms with van der Waals surface area (Å²) in [7, 11) is 3.25. The molecule has 1 heterocycles. The molecule has 0 spiro atoms. The largest absolute Gasteiger partial charge is 0.481 e. The molecule has 4 nitrogen and oxygen atoms in total. The Morgan fingerprint density at radius 2 is 2.17 bits per heavy atom. The molecule has 1 N–H and O–H groups in total. The average molecular weight is 170 g/mol. The zero-order valence-corrected chi connectivity index (χ0v) is 7.19. The van der Waals surface area contributed by atoms with E-state index in [1.165, 1.54) is 0 Å². The van der Waals surface area contributed by atoms with E-state index < -0.39 is 5.97 Å². The quantitative estimate of drug-likeness (QED) is 0.604. The van der Waals surface area contributed by atoms with Gasteiger partial charge in [-0.2, -0.15) is 0 Å². The highest BCUT2D eigenvalue weighted by atomic mass is 16.4. The van der Waals surface area contributed by atoms with E-state index in [1.807, 2.05) is 4.81 Å². The summed E-state index contributed by atoms with van der Waals surface area (Å²) in [4.78, 5) is 12.6. The zero-order valence-electron chi connectivity index (χ0n) is 7.19. The minimum absolute atomic E-state index is 0.161. The smallest absolute Gasteiger partial charge is 0.398 e. The van der Waals surface area contributed by atoms with Crippen LogP contribution in [-0.2, 0) is 9.45 Å². The molecule has 5 heteroatoms. The zero-order chi connectivity index (χ0) is 8.97. The van der Waals surface area contributed by atoms with E-state index in [9.17, 15) is 4.79 Å². The number of hydrogen-bond donors (Lipinski definition) is 1. The molecule has 0 amide bonds. The monoisotopic (exact) mass is 170 g/mol. The first kappa shape index (κ1) is 9.54. The van der Waals surface area contributed by atoms with Crippen LogP contribution >= 0.6 is 0 Å². The molecule has 0 aliphatic carbocycles. The first-order valence-corrected chi connectivity index (χ1v) is 4.07. The number of aliphatic carboxylic acids is 1. The van der Waals surface area contributed by atoms with E-state index in [-0.39, 0.29) is 5.92 Å². The topological polar surface area (TPSA) is 49.8 Å². The van der Waals surface area contributed by atoms with E-state index in [2.05, 4.69) is 0 Å². The molecule has 0 saturated carbocycles. The molecule has 1 fully saturated rings. The van der Waals surface area contributed by atoms with Gasteiger partial charge < -0.3 is 14.6 Å². The van der Waals surface area contributed by atoms with Crippen LogP contribution in [0.4, 0.5) is 0 Å². The summed E-state index contributed by atoms with van der Waals surface area (Å²) < 4.78 is 4.83. The molecule has 0 aromatic heterocycles. The van der Waals surface area contributed by atoms with Crippen LogP contribution in [0.1, 0.15) is 12.8 Å². The van der Waals surface area contributed by atoms with Crippen LogP contribution in [0, 0.1) is 5.92 Å². The second-order valence-electron chi connectivity index (χ2n) is 2.99. The normalized spacial score (nSPS) is 20.8. The summed E-state index contributed by atoms with van der Waals surface area (Å²) in [5, 5.41) is 8.69. The van der Waals surface area contributed by atoms with Crippen molar-refractivity contribution in [2.45, 2.75) is 12.8 Å². The maximum atomic E-state index is 10.6. The van der Waals surface area contributed by atoms with Crippen LogP contribution in [0.3, 0.4) is 0 Å². The van der Waals surface area contributed by atoms with Crippen molar-refractivity contribution in [3.8, 4) is 0 Å². The van der Waals surface area contributed by atoms with Crippen molar-refractivity contribution >= 4 is 13.6 Å². The third-order valence-corrected chi connectivity index (χ3v) is 2.13. The van der Waals surface area contributed by atoms with Crippen molar-refractivity contribution in [3.63, 3.8) is 0 Å². The minimum atomic E-state index is -0.674. The van der Waals surface area contributed by atoms with Gasteiger partial charge in [-0.1, -0.05) is 0 Å². The van der Waals surface area contributed by atoms with Gasteiger partial charge in [0, 0.05) is 7.11 Å². The Morgan fingerprint density at radius 1 is 1.58 bits per heavy atom. The van der Waals surface area contributed by atoms with Gasteiger partial charge in [0.15, 0.2) is 0 Å². The number of carboxylic acids is 1. The van der Waals surface area contributed by atoms with Gasteiger partial charge in [-0.05, 0) is 25.9 Å². The number of rotatable bonds is 3. The SMILES string of the molecule is CO[B]N1CCC(C(=O)O)CC1. The van der Waals surface area contributed by atoms with Crippen LogP contribution < -0.4 is 0 Å². The van der Waals surface area contributed by atoms with Gasteiger partial charge in [0.2, 0.25) is 0 Å². The van der Waals surface area contributed by atoms with Crippen molar-refractivity contribution in [1.82, 2.24) is 4.81 Å². The predicted octanol–water partition coefficient (Wildman–Crippen LogP) is -0.0364. The fourth-order valence-electron chi connectivity index (χ4n) is 1.40. The highest BCUT2D eigenvalue weighted by Crippen LogP contribution is 2.16. The van der Waals surface area contributed by atoms with Gasteiger partial charge >= 0.3 is 13.6 Å². The summed E-state index contributed by atoms with van der Waals surface area (Å²) in [6, 6.07) is 0. The van der Waals surface area contributed by atoms with Crippen LogP contribution in [-0.4, -0.2) is 43.7 Å². The molecule has 1 aliphatic heterocycles. The molecular formula is C7H13BNO3. The first-order valence-electron chi connectivity index (χ1n) is 4.07. The molecule has 1 aliphatic rings. The second-order valence-corrected chi connectivity index (χ2v) is 2.99. The Morgan fingerprint density at radius 3 is 2.58 bits per heavy atom. The van der Waals surface area contributed by atoms with E-state index in [0.29, 0.717) is 0 Å². The van der Waals surface area contributed by atoms with Gasteiger partial charge in [0.1, 0.15) is 0 Å². The highest BCUT2D eigenvalue weighted by molar-refractivity contribution is 6.23. The Hall–Kier alpha value is -0.545. The molecular weight excluding hydrogens is 157 g/mol. The second kappa shape index (κ2) is 4.47. The Kier molecular flexibility index (Phi) is 3.56. The molecule has 0 bridgehead atoms. The fourth-order valence-corrected chi connectivity index (χ4v) is 1.40. The molecule has 0 unspecified atom stereocenters. The van der Waals surface area contributed by atoms with Gasteiger partial charge in [0.25, 0.3) is 0 Å². The van der Waals surface area contributed by atoms with Gasteiger partial charge in [-0.15, -0.1) is 0 Å². The van der Waals surface area contributed by atoms with Crippen molar-refractivity contribution in [3.05, 3.63) is 0 Å². The lowest BCUT2D eigenvalue weighted by Gasteiger charge is -2.28. The number of nitrogens with zero attached hydrogens (tertiary/aromatic N) is 1. The van der Waals surface area contributed by atoms with Gasteiger partial charge in [-0.3, -0.25) is 4.79 Å². The number of hydrogen-bond acceptors (Lipinski definition) is 3. The average Bonchev–Trinajstić information content (AvgIpc) is 2.06. The van der Waals surface area contributed by atoms with E-state index >= 15 is 0 Å². The third-order valence-electron chi connectivity index (χ3n) is 2.13. The summed E-state index contributed by atoms with van der Waals surface area (Å²) in [6.45, 7) is 1.57. The number of carbonyl (C=O) groups is 1. The lowest BCUT2D eigenvalue weighted by atomic mass is 9.94. The standard InChI is InChI=1S/C7H13BNO3/c1-12-8-9-4-2-6(3-5-9)7(10)11/h6H,2-5H2,1H3,(H,10,11). The molecule has 1 radical (unpaired) electrons. The van der Waals surface area contributed by atoms with Crippen molar-refractivity contribution in [2.75, 3.05) is 20.2 Å². The summed E-state index contributed by atoms with van der Waals surface area (Å²) >= 11 is 0. The molecule has 67 valence electrons. The maximum Gasteiger partial charge on any atom is 0.398 e. The maximum absolute atomic E-state index is 10.6. The molecule has 0 atom stereocenters. The van der Waals surface area contributed by atoms with E-state index in [4.69, 9.17) is 9.76 Å². The van der Waals surface area contributed by atoms with Crippen molar-refractivity contribution in [2.24, 2.45) is 5.92 Å². The molecule has 1 saturated heterocycles.